The number of halogens is 1. The van der Waals surface area contributed by atoms with Gasteiger partial charge < -0.3 is 15.2 Å². The van der Waals surface area contributed by atoms with Crippen LogP contribution in [-0.2, 0) is 9.59 Å². The van der Waals surface area contributed by atoms with Crippen molar-refractivity contribution in [1.29, 1.82) is 0 Å². The van der Waals surface area contributed by atoms with E-state index in [0.717, 1.165) is 0 Å². The van der Waals surface area contributed by atoms with Gasteiger partial charge in [0.05, 0.1) is 18.7 Å². The van der Waals surface area contributed by atoms with Gasteiger partial charge >= 0.3 is 0 Å². The lowest BCUT2D eigenvalue weighted by atomic mass is 9.95. The summed E-state index contributed by atoms with van der Waals surface area (Å²) in [5, 5.41) is 13.0. The summed E-state index contributed by atoms with van der Waals surface area (Å²) in [6.45, 7) is 0. The van der Waals surface area contributed by atoms with Gasteiger partial charge in [0.2, 0.25) is 0 Å². The number of hydrogen-bond donors (Lipinski definition) is 2. The highest BCUT2D eigenvalue weighted by Crippen LogP contribution is 2.34. The van der Waals surface area contributed by atoms with E-state index in [2.05, 4.69) is 5.32 Å². The Labute approximate surface area is 137 Å². The summed E-state index contributed by atoms with van der Waals surface area (Å²) in [4.78, 5) is 24.0. The van der Waals surface area contributed by atoms with Crippen molar-refractivity contribution in [3.8, 4) is 5.75 Å². The molecule has 2 aromatic carbocycles. The number of methoxy groups -OCH3 is 1. The number of ether oxygens (including phenoxy) is 1. The minimum atomic E-state index is -1.04. The first-order valence-corrected chi connectivity index (χ1v) is 7.20. The van der Waals surface area contributed by atoms with Crippen molar-refractivity contribution in [3.05, 3.63) is 71.0 Å². The highest BCUT2D eigenvalue weighted by molar-refractivity contribution is 6.46. The molecule has 3 rings (SSSR count). The third-order valence-corrected chi connectivity index (χ3v) is 3.83. The zero-order valence-corrected chi connectivity index (χ0v) is 12.7. The van der Waals surface area contributed by atoms with Crippen LogP contribution >= 0.6 is 0 Å². The largest absolute Gasteiger partial charge is 0.507 e. The van der Waals surface area contributed by atoms with Gasteiger partial charge in [0, 0.05) is 11.1 Å². The molecule has 24 heavy (non-hydrogen) atoms. The summed E-state index contributed by atoms with van der Waals surface area (Å²) in [6, 6.07) is 11.1. The number of carbonyl (C=O) groups is 2. The lowest BCUT2D eigenvalue weighted by Gasteiger charge is -2.14. The number of amides is 1. The van der Waals surface area contributed by atoms with Crippen LogP contribution in [0.5, 0.6) is 5.75 Å². The predicted molar refractivity (Wildman–Crippen MR) is 84.8 cm³/mol. The van der Waals surface area contributed by atoms with Crippen molar-refractivity contribution in [2.45, 2.75) is 6.04 Å². The van der Waals surface area contributed by atoms with Crippen LogP contribution in [0.4, 0.5) is 4.39 Å². The number of benzene rings is 2. The summed E-state index contributed by atoms with van der Waals surface area (Å²) in [6.07, 6.45) is 0. The Bertz CT molecular complexity index is 860. The minimum absolute atomic E-state index is 0.112. The lowest BCUT2D eigenvalue weighted by molar-refractivity contribution is -0.133. The maximum atomic E-state index is 14.1. The second-order valence-electron chi connectivity index (χ2n) is 5.25. The number of hydrogen-bond acceptors (Lipinski definition) is 4. The van der Waals surface area contributed by atoms with Gasteiger partial charge in [-0.25, -0.2) is 4.39 Å². The molecule has 0 spiro atoms. The summed E-state index contributed by atoms with van der Waals surface area (Å²) in [7, 11) is 1.47. The highest BCUT2D eigenvalue weighted by atomic mass is 19.1. The third-order valence-electron chi connectivity index (χ3n) is 3.83. The summed E-state index contributed by atoms with van der Waals surface area (Å²) in [5.74, 6) is -2.25. The van der Waals surface area contributed by atoms with E-state index in [4.69, 9.17) is 4.74 Å². The standard InChI is InChI=1S/C18H14FNO4/c1-24-11-6-4-5-10(9-11)16(21)14-15(20-18(23)17(14)22)12-7-2-3-8-13(12)19/h2-9,15,21H,1H3,(H,20,23)/b16-14+. The molecule has 6 heteroatoms. The second kappa shape index (κ2) is 6.16. The Morgan fingerprint density at radius 2 is 1.92 bits per heavy atom. The van der Waals surface area contributed by atoms with E-state index >= 15 is 0 Å². The normalized spacial score (nSPS) is 19.2. The van der Waals surface area contributed by atoms with Gasteiger partial charge in [-0.15, -0.1) is 0 Å². The molecule has 122 valence electrons. The average Bonchev–Trinajstić information content (AvgIpc) is 2.89. The molecule has 1 unspecified atom stereocenters. The Morgan fingerprint density at radius 1 is 1.17 bits per heavy atom. The fourth-order valence-corrected chi connectivity index (χ4v) is 2.63. The molecular formula is C18H14FNO4. The Morgan fingerprint density at radius 3 is 2.62 bits per heavy atom. The Kier molecular flexibility index (Phi) is 4.04. The van der Waals surface area contributed by atoms with Gasteiger partial charge in [-0.1, -0.05) is 30.3 Å². The molecule has 1 amide bonds. The predicted octanol–water partition coefficient (Wildman–Crippen LogP) is 2.54. The number of nitrogens with one attached hydrogen (secondary N) is 1. The van der Waals surface area contributed by atoms with Crippen molar-refractivity contribution in [1.82, 2.24) is 5.32 Å². The first-order valence-electron chi connectivity index (χ1n) is 7.20. The van der Waals surface area contributed by atoms with Crippen LogP contribution in [0, 0.1) is 5.82 Å². The first kappa shape index (κ1) is 15.7. The van der Waals surface area contributed by atoms with Gasteiger partial charge in [0.1, 0.15) is 17.3 Å². The van der Waals surface area contributed by atoms with Gasteiger partial charge in [0.15, 0.2) is 0 Å². The van der Waals surface area contributed by atoms with Gasteiger partial charge in [-0.05, 0) is 18.2 Å². The summed E-state index contributed by atoms with van der Waals surface area (Å²) < 4.78 is 19.2. The number of aliphatic hydroxyl groups is 1. The zero-order valence-electron chi connectivity index (χ0n) is 12.7. The first-order chi connectivity index (χ1) is 11.5. The number of carbonyl (C=O) groups excluding carboxylic acids is 2. The van der Waals surface area contributed by atoms with Gasteiger partial charge in [-0.2, -0.15) is 0 Å². The van der Waals surface area contributed by atoms with Crippen LogP contribution in [0.1, 0.15) is 17.2 Å². The molecule has 5 nitrogen and oxygen atoms in total. The molecule has 1 heterocycles. The van der Waals surface area contributed by atoms with E-state index in [0.29, 0.717) is 11.3 Å². The van der Waals surface area contributed by atoms with Gasteiger partial charge in [-0.3, -0.25) is 9.59 Å². The van der Waals surface area contributed by atoms with E-state index in [1.54, 1.807) is 24.3 Å². The minimum Gasteiger partial charge on any atom is -0.507 e. The van der Waals surface area contributed by atoms with Crippen LogP contribution in [0.2, 0.25) is 0 Å². The van der Waals surface area contributed by atoms with Crippen molar-refractivity contribution in [2.24, 2.45) is 0 Å². The van der Waals surface area contributed by atoms with E-state index in [1.165, 1.54) is 31.4 Å². The molecule has 1 aliphatic rings. The molecule has 2 aromatic rings. The topological polar surface area (TPSA) is 75.6 Å². The van der Waals surface area contributed by atoms with E-state index in [9.17, 15) is 19.1 Å². The lowest BCUT2D eigenvalue weighted by Crippen LogP contribution is -2.21. The van der Waals surface area contributed by atoms with Crippen LogP contribution in [0.3, 0.4) is 0 Å². The molecule has 0 aliphatic carbocycles. The fourth-order valence-electron chi connectivity index (χ4n) is 2.63. The summed E-state index contributed by atoms with van der Waals surface area (Å²) in [5.41, 5.74) is 0.232. The third kappa shape index (κ3) is 2.62. The molecule has 1 atom stereocenters. The van der Waals surface area contributed by atoms with Crippen molar-refractivity contribution in [3.63, 3.8) is 0 Å². The number of Topliss-reactive ketones (excluding diaryl/α,β-unsaturated/α-hetero) is 1. The highest BCUT2D eigenvalue weighted by Gasteiger charge is 2.40. The molecule has 0 aromatic heterocycles. The fraction of sp³-hybridized carbons (Fsp3) is 0.111. The second-order valence-corrected chi connectivity index (χ2v) is 5.25. The van der Waals surface area contributed by atoms with Gasteiger partial charge in [0.25, 0.3) is 11.7 Å². The molecule has 0 bridgehead atoms. The zero-order chi connectivity index (χ0) is 17.3. The smallest absolute Gasteiger partial charge is 0.293 e. The quantitative estimate of drug-likeness (QED) is 0.516. The van der Waals surface area contributed by atoms with E-state index in [-0.39, 0.29) is 16.9 Å². The monoisotopic (exact) mass is 327 g/mol. The molecule has 0 saturated carbocycles. The molecule has 1 fully saturated rings. The molecule has 0 radical (unpaired) electrons. The number of ketones is 1. The van der Waals surface area contributed by atoms with E-state index < -0.39 is 23.5 Å². The number of rotatable bonds is 3. The van der Waals surface area contributed by atoms with Crippen molar-refractivity contribution in [2.75, 3.05) is 7.11 Å². The molecule has 1 aliphatic heterocycles. The molecular weight excluding hydrogens is 313 g/mol. The van der Waals surface area contributed by atoms with Crippen LogP contribution in [0.15, 0.2) is 54.1 Å². The van der Waals surface area contributed by atoms with Crippen molar-refractivity contribution < 1.29 is 23.8 Å². The van der Waals surface area contributed by atoms with Crippen LogP contribution in [0.25, 0.3) is 5.76 Å². The maximum absolute atomic E-state index is 14.1. The molecule has 2 N–H and O–H groups in total. The van der Waals surface area contributed by atoms with Crippen molar-refractivity contribution >= 4 is 17.4 Å². The SMILES string of the molecule is COc1cccc(/C(O)=C2\C(=O)C(=O)NC2c2ccccc2F)c1. The van der Waals surface area contributed by atoms with Crippen LogP contribution < -0.4 is 10.1 Å². The summed E-state index contributed by atoms with van der Waals surface area (Å²) >= 11 is 0. The molecule has 1 saturated heterocycles. The van der Waals surface area contributed by atoms with E-state index in [1.807, 2.05) is 0 Å². The van der Waals surface area contributed by atoms with Crippen LogP contribution in [-0.4, -0.2) is 23.9 Å². The maximum Gasteiger partial charge on any atom is 0.293 e. The average molecular weight is 327 g/mol. The Hall–Kier alpha value is -3.15. The number of aliphatic hydroxyl groups excluding tert-OH is 1. The Balaban J connectivity index is 2.15.